The minimum atomic E-state index is -0.350. The molecule has 1 aliphatic heterocycles. The molecular formula is C6H12O3. The Morgan fingerprint density at radius 2 is 2.22 bits per heavy atom. The molecule has 1 saturated heterocycles. The summed E-state index contributed by atoms with van der Waals surface area (Å²) in [4.78, 5) is 0. The van der Waals surface area contributed by atoms with Crippen LogP contribution in [0.1, 0.15) is 6.42 Å². The van der Waals surface area contributed by atoms with Crippen LogP contribution in [0, 0.1) is 5.92 Å². The van der Waals surface area contributed by atoms with Gasteiger partial charge in [-0.25, -0.2) is 0 Å². The van der Waals surface area contributed by atoms with E-state index in [-0.39, 0.29) is 18.6 Å². The van der Waals surface area contributed by atoms with Gasteiger partial charge in [-0.2, -0.15) is 0 Å². The van der Waals surface area contributed by atoms with Crippen LogP contribution in [-0.2, 0) is 4.74 Å². The smallest absolute Gasteiger partial charge is 0.0824 e. The third-order valence-electron chi connectivity index (χ3n) is 1.66. The number of aliphatic hydroxyl groups is 2. The van der Waals surface area contributed by atoms with Gasteiger partial charge in [-0.15, -0.1) is 0 Å². The summed E-state index contributed by atoms with van der Waals surface area (Å²) in [6.07, 6.45) is 0.304. The van der Waals surface area contributed by atoms with Gasteiger partial charge in [0, 0.05) is 12.5 Å². The fraction of sp³-hybridized carbons (Fsp3) is 1.00. The van der Waals surface area contributed by atoms with Crippen molar-refractivity contribution in [2.24, 2.45) is 5.92 Å². The Labute approximate surface area is 54.3 Å². The van der Waals surface area contributed by atoms with Gasteiger partial charge in [-0.1, -0.05) is 0 Å². The molecule has 0 unspecified atom stereocenters. The van der Waals surface area contributed by atoms with Gasteiger partial charge in [0.15, 0.2) is 0 Å². The predicted octanol–water partition coefficient (Wildman–Crippen LogP) is -0.624. The molecule has 1 aliphatic rings. The minimum Gasteiger partial charge on any atom is -0.396 e. The van der Waals surface area contributed by atoms with Gasteiger partial charge in [0.1, 0.15) is 0 Å². The maximum absolute atomic E-state index is 9.08. The molecule has 1 fully saturated rings. The molecule has 0 bridgehead atoms. The molecule has 0 radical (unpaired) electrons. The quantitative estimate of drug-likeness (QED) is 0.526. The monoisotopic (exact) mass is 132 g/mol. The average Bonchev–Trinajstić information content (AvgIpc) is 2.18. The van der Waals surface area contributed by atoms with Crippen LogP contribution in [0.3, 0.4) is 0 Å². The normalized spacial score (nSPS) is 35.3. The first-order valence-corrected chi connectivity index (χ1v) is 3.21. The van der Waals surface area contributed by atoms with E-state index in [4.69, 9.17) is 14.9 Å². The predicted molar refractivity (Wildman–Crippen MR) is 32.0 cm³/mol. The van der Waals surface area contributed by atoms with E-state index in [9.17, 15) is 0 Å². The number of ether oxygens (including phenoxy) is 1. The Morgan fingerprint density at radius 1 is 1.44 bits per heavy atom. The Kier molecular flexibility index (Phi) is 2.45. The van der Waals surface area contributed by atoms with E-state index in [2.05, 4.69) is 0 Å². The van der Waals surface area contributed by atoms with E-state index in [0.717, 1.165) is 0 Å². The molecule has 3 heteroatoms. The lowest BCUT2D eigenvalue weighted by Crippen LogP contribution is -2.18. The summed E-state index contributed by atoms with van der Waals surface area (Å²) in [7, 11) is 0. The molecule has 0 aliphatic carbocycles. The SMILES string of the molecule is OCC[C@@H]1COC[C@@H]1O. The summed E-state index contributed by atoms with van der Waals surface area (Å²) in [5.74, 6) is 0.162. The van der Waals surface area contributed by atoms with Crippen molar-refractivity contribution in [2.45, 2.75) is 12.5 Å². The number of hydrogen-bond acceptors (Lipinski definition) is 3. The molecule has 0 aromatic carbocycles. The number of hydrogen-bond donors (Lipinski definition) is 2. The van der Waals surface area contributed by atoms with Crippen LogP contribution >= 0.6 is 0 Å². The molecule has 3 nitrogen and oxygen atoms in total. The molecule has 9 heavy (non-hydrogen) atoms. The summed E-state index contributed by atoms with van der Waals surface area (Å²) >= 11 is 0. The molecule has 0 saturated carbocycles. The van der Waals surface area contributed by atoms with Crippen molar-refractivity contribution in [3.05, 3.63) is 0 Å². The molecule has 54 valence electrons. The molecule has 2 atom stereocenters. The fourth-order valence-corrected chi connectivity index (χ4v) is 1.03. The van der Waals surface area contributed by atoms with Gasteiger partial charge < -0.3 is 14.9 Å². The highest BCUT2D eigenvalue weighted by Crippen LogP contribution is 2.15. The Balaban J connectivity index is 2.22. The molecule has 0 spiro atoms. The van der Waals surface area contributed by atoms with Gasteiger partial charge in [0.05, 0.1) is 19.3 Å². The third kappa shape index (κ3) is 1.64. The summed E-state index contributed by atoms with van der Waals surface area (Å²) in [6, 6.07) is 0. The van der Waals surface area contributed by atoms with Crippen LogP contribution in [0.4, 0.5) is 0 Å². The van der Waals surface area contributed by atoms with Gasteiger partial charge >= 0.3 is 0 Å². The largest absolute Gasteiger partial charge is 0.396 e. The minimum absolute atomic E-state index is 0.144. The summed E-state index contributed by atoms with van der Waals surface area (Å²) in [6.45, 7) is 1.18. The lowest BCUT2D eigenvalue weighted by Gasteiger charge is -2.08. The molecule has 2 N–H and O–H groups in total. The standard InChI is InChI=1S/C6H12O3/c7-2-1-5-3-9-4-6(5)8/h5-8H,1-4H2/t5-,6+/m1/s1. The van der Waals surface area contributed by atoms with Gasteiger partial charge in [0.2, 0.25) is 0 Å². The summed E-state index contributed by atoms with van der Waals surface area (Å²) < 4.78 is 4.96. The summed E-state index contributed by atoms with van der Waals surface area (Å²) in [5, 5.41) is 17.6. The van der Waals surface area contributed by atoms with Gasteiger partial charge in [-0.3, -0.25) is 0 Å². The van der Waals surface area contributed by atoms with E-state index in [1.165, 1.54) is 0 Å². The van der Waals surface area contributed by atoms with Crippen molar-refractivity contribution >= 4 is 0 Å². The zero-order chi connectivity index (χ0) is 6.69. The zero-order valence-electron chi connectivity index (χ0n) is 5.29. The topological polar surface area (TPSA) is 49.7 Å². The Hall–Kier alpha value is -0.120. The molecule has 1 rings (SSSR count). The van der Waals surface area contributed by atoms with E-state index in [0.29, 0.717) is 19.6 Å². The number of rotatable bonds is 2. The molecular weight excluding hydrogens is 120 g/mol. The van der Waals surface area contributed by atoms with E-state index in [1.807, 2.05) is 0 Å². The van der Waals surface area contributed by atoms with Crippen LogP contribution in [0.2, 0.25) is 0 Å². The molecule has 1 heterocycles. The van der Waals surface area contributed by atoms with Crippen molar-refractivity contribution < 1.29 is 14.9 Å². The van der Waals surface area contributed by atoms with Crippen LogP contribution in [0.15, 0.2) is 0 Å². The second-order valence-electron chi connectivity index (χ2n) is 2.38. The van der Waals surface area contributed by atoms with Crippen molar-refractivity contribution in [2.75, 3.05) is 19.8 Å². The molecule has 0 amide bonds. The lowest BCUT2D eigenvalue weighted by molar-refractivity contribution is 0.112. The average molecular weight is 132 g/mol. The van der Waals surface area contributed by atoms with Crippen molar-refractivity contribution in [3.8, 4) is 0 Å². The highest BCUT2D eigenvalue weighted by molar-refractivity contribution is 4.73. The maximum atomic E-state index is 9.08. The van der Waals surface area contributed by atoms with Gasteiger partial charge in [0.25, 0.3) is 0 Å². The summed E-state index contributed by atoms with van der Waals surface area (Å²) in [5.41, 5.74) is 0. The highest BCUT2D eigenvalue weighted by atomic mass is 16.5. The maximum Gasteiger partial charge on any atom is 0.0824 e. The van der Waals surface area contributed by atoms with Crippen molar-refractivity contribution in [1.29, 1.82) is 0 Å². The first-order chi connectivity index (χ1) is 4.34. The third-order valence-corrected chi connectivity index (χ3v) is 1.66. The fourth-order valence-electron chi connectivity index (χ4n) is 1.03. The van der Waals surface area contributed by atoms with Crippen LogP contribution < -0.4 is 0 Å². The van der Waals surface area contributed by atoms with Crippen LogP contribution in [0.25, 0.3) is 0 Å². The Bertz CT molecular complexity index is 84.4. The zero-order valence-corrected chi connectivity index (χ0v) is 5.29. The highest BCUT2D eigenvalue weighted by Gasteiger charge is 2.24. The van der Waals surface area contributed by atoms with Crippen molar-refractivity contribution in [3.63, 3.8) is 0 Å². The first-order valence-electron chi connectivity index (χ1n) is 3.21. The van der Waals surface area contributed by atoms with E-state index < -0.39 is 0 Å². The van der Waals surface area contributed by atoms with Crippen molar-refractivity contribution in [1.82, 2.24) is 0 Å². The second kappa shape index (κ2) is 3.15. The van der Waals surface area contributed by atoms with E-state index >= 15 is 0 Å². The molecule has 0 aromatic rings. The van der Waals surface area contributed by atoms with E-state index in [1.54, 1.807) is 0 Å². The number of aliphatic hydroxyl groups excluding tert-OH is 2. The lowest BCUT2D eigenvalue weighted by atomic mass is 10.0. The van der Waals surface area contributed by atoms with Gasteiger partial charge in [-0.05, 0) is 6.42 Å². The second-order valence-corrected chi connectivity index (χ2v) is 2.38. The Morgan fingerprint density at radius 3 is 2.67 bits per heavy atom. The first kappa shape index (κ1) is 6.99. The van der Waals surface area contributed by atoms with Crippen LogP contribution in [0.5, 0.6) is 0 Å². The van der Waals surface area contributed by atoms with Crippen LogP contribution in [-0.4, -0.2) is 36.1 Å². The molecule has 0 aromatic heterocycles.